The van der Waals surface area contributed by atoms with E-state index in [2.05, 4.69) is 4.98 Å². The molecule has 1 saturated carbocycles. The summed E-state index contributed by atoms with van der Waals surface area (Å²) in [6.45, 7) is 0. The van der Waals surface area contributed by atoms with Crippen molar-refractivity contribution in [3.63, 3.8) is 0 Å². The van der Waals surface area contributed by atoms with Crippen molar-refractivity contribution < 1.29 is 4.79 Å². The minimum absolute atomic E-state index is 0.178. The second-order valence-corrected chi connectivity index (χ2v) is 4.52. The molecule has 3 nitrogen and oxygen atoms in total. The lowest BCUT2D eigenvalue weighted by molar-refractivity contribution is 0.1000. The fourth-order valence-electron chi connectivity index (χ4n) is 1.52. The topological polar surface area (TPSA) is 56.0 Å². The van der Waals surface area contributed by atoms with E-state index < -0.39 is 5.91 Å². The van der Waals surface area contributed by atoms with E-state index in [4.69, 9.17) is 17.3 Å². The minimum Gasteiger partial charge on any atom is -0.366 e. The molecule has 0 radical (unpaired) electrons. The van der Waals surface area contributed by atoms with Crippen LogP contribution < -0.4 is 5.73 Å². The Morgan fingerprint density at radius 2 is 2.33 bits per heavy atom. The van der Waals surface area contributed by atoms with Crippen molar-refractivity contribution in [2.75, 3.05) is 0 Å². The number of aromatic nitrogens is 1. The van der Waals surface area contributed by atoms with Crippen molar-refractivity contribution in [1.82, 2.24) is 4.98 Å². The molecule has 1 aromatic rings. The van der Waals surface area contributed by atoms with Crippen molar-refractivity contribution in [1.29, 1.82) is 0 Å². The lowest BCUT2D eigenvalue weighted by Crippen LogP contribution is -2.12. The normalized spacial score (nSPS) is 17.4. The van der Waals surface area contributed by atoms with Gasteiger partial charge in [-0.15, -0.1) is 11.6 Å². The Hall–Kier alpha value is -1.09. The Balaban J connectivity index is 1.99. The van der Waals surface area contributed by atoms with Crippen LogP contribution in [-0.4, -0.2) is 16.3 Å². The van der Waals surface area contributed by atoms with E-state index in [1.54, 1.807) is 6.07 Å². The van der Waals surface area contributed by atoms with Gasteiger partial charge in [-0.1, -0.05) is 0 Å². The molecule has 2 N–H and O–H groups in total. The van der Waals surface area contributed by atoms with Gasteiger partial charge in [0.05, 0.1) is 5.56 Å². The summed E-state index contributed by atoms with van der Waals surface area (Å²) in [5.74, 6) is 0.211. The third-order valence-corrected chi connectivity index (χ3v) is 3.16. The first-order chi connectivity index (χ1) is 7.16. The highest BCUT2D eigenvalue weighted by Crippen LogP contribution is 2.36. The molecule has 1 heterocycles. The van der Waals surface area contributed by atoms with Crippen LogP contribution >= 0.6 is 11.6 Å². The Morgan fingerprint density at radius 3 is 2.80 bits per heavy atom. The number of carbonyl (C=O) groups excluding carboxylic acids is 1. The van der Waals surface area contributed by atoms with Gasteiger partial charge >= 0.3 is 0 Å². The van der Waals surface area contributed by atoms with E-state index in [1.807, 2.05) is 6.07 Å². The van der Waals surface area contributed by atoms with Gasteiger partial charge in [0.2, 0.25) is 5.91 Å². The van der Waals surface area contributed by atoms with E-state index in [-0.39, 0.29) is 5.38 Å². The highest BCUT2D eigenvalue weighted by Gasteiger charge is 2.29. The molecule has 1 amide bonds. The number of primary amides is 1. The van der Waals surface area contributed by atoms with Crippen molar-refractivity contribution in [2.24, 2.45) is 11.7 Å². The van der Waals surface area contributed by atoms with E-state index in [0.29, 0.717) is 11.5 Å². The summed E-state index contributed by atoms with van der Waals surface area (Å²) in [6, 6.07) is 3.51. The van der Waals surface area contributed by atoms with Crippen LogP contribution in [0, 0.1) is 5.92 Å². The molecule has 4 heteroatoms. The SMILES string of the molecule is NC(=O)c1ccc(CC(Cl)C2CC2)nc1. The first kappa shape index (κ1) is 10.4. The van der Waals surface area contributed by atoms with Crippen LogP contribution in [0.25, 0.3) is 0 Å². The summed E-state index contributed by atoms with van der Waals surface area (Å²) in [7, 11) is 0. The zero-order chi connectivity index (χ0) is 10.8. The van der Waals surface area contributed by atoms with Gasteiger partial charge in [0, 0.05) is 23.7 Å². The number of pyridine rings is 1. The number of carbonyl (C=O) groups is 1. The molecule has 0 spiro atoms. The van der Waals surface area contributed by atoms with Crippen LogP contribution in [0.4, 0.5) is 0 Å². The van der Waals surface area contributed by atoms with Crippen molar-refractivity contribution in [3.8, 4) is 0 Å². The monoisotopic (exact) mass is 224 g/mol. The predicted molar refractivity (Wildman–Crippen MR) is 58.8 cm³/mol. The zero-order valence-corrected chi connectivity index (χ0v) is 9.07. The number of nitrogens with zero attached hydrogens (tertiary/aromatic N) is 1. The van der Waals surface area contributed by atoms with Gasteiger partial charge in [0.15, 0.2) is 0 Å². The van der Waals surface area contributed by atoms with E-state index in [0.717, 1.165) is 12.1 Å². The van der Waals surface area contributed by atoms with Gasteiger partial charge in [-0.3, -0.25) is 9.78 Å². The summed E-state index contributed by atoms with van der Waals surface area (Å²) in [4.78, 5) is 15.0. The maximum absolute atomic E-state index is 10.8. The Morgan fingerprint density at radius 1 is 1.60 bits per heavy atom. The molecule has 0 bridgehead atoms. The molecular formula is C11H13ClN2O. The first-order valence-corrected chi connectivity index (χ1v) is 5.49. The maximum atomic E-state index is 10.8. The van der Waals surface area contributed by atoms with Gasteiger partial charge in [-0.2, -0.15) is 0 Å². The largest absolute Gasteiger partial charge is 0.366 e. The summed E-state index contributed by atoms with van der Waals surface area (Å²) in [6.07, 6.45) is 4.74. The second kappa shape index (κ2) is 4.19. The zero-order valence-electron chi connectivity index (χ0n) is 8.32. The number of halogens is 1. The standard InChI is InChI=1S/C11H13ClN2O/c12-10(7-1-2-7)5-9-4-3-8(6-14-9)11(13)15/h3-4,6-7,10H,1-2,5H2,(H2,13,15). The molecule has 80 valence electrons. The van der Waals surface area contributed by atoms with Gasteiger partial charge < -0.3 is 5.73 Å². The molecule has 1 fully saturated rings. The number of amides is 1. The summed E-state index contributed by atoms with van der Waals surface area (Å²) < 4.78 is 0. The number of rotatable bonds is 4. The summed E-state index contributed by atoms with van der Waals surface area (Å²) in [5.41, 5.74) is 6.48. The second-order valence-electron chi connectivity index (χ2n) is 3.96. The number of alkyl halides is 1. The Bertz CT molecular complexity index is 359. The predicted octanol–water partition coefficient (Wildman–Crippen LogP) is 1.74. The summed E-state index contributed by atoms with van der Waals surface area (Å²) >= 11 is 6.18. The van der Waals surface area contributed by atoms with Crippen molar-refractivity contribution in [2.45, 2.75) is 24.6 Å². The molecule has 1 aliphatic carbocycles. The third kappa shape index (κ3) is 2.69. The molecule has 1 atom stereocenters. The smallest absolute Gasteiger partial charge is 0.250 e. The Kier molecular flexibility index (Phi) is 2.91. The average molecular weight is 225 g/mol. The number of hydrogen-bond acceptors (Lipinski definition) is 2. The molecule has 2 rings (SSSR count). The van der Waals surface area contributed by atoms with Crippen LogP contribution in [0.3, 0.4) is 0 Å². The third-order valence-electron chi connectivity index (χ3n) is 2.65. The van der Waals surface area contributed by atoms with E-state index in [1.165, 1.54) is 19.0 Å². The van der Waals surface area contributed by atoms with Crippen LogP contribution in [0.5, 0.6) is 0 Å². The van der Waals surface area contributed by atoms with Crippen molar-refractivity contribution in [3.05, 3.63) is 29.6 Å². The van der Waals surface area contributed by atoms with Gasteiger partial charge in [-0.05, 0) is 30.9 Å². The molecule has 1 aromatic heterocycles. The van der Waals surface area contributed by atoms with E-state index >= 15 is 0 Å². The number of hydrogen-bond donors (Lipinski definition) is 1. The highest BCUT2D eigenvalue weighted by molar-refractivity contribution is 6.21. The molecule has 0 aliphatic heterocycles. The fraction of sp³-hybridized carbons (Fsp3) is 0.455. The molecule has 0 saturated heterocycles. The molecule has 0 aromatic carbocycles. The lowest BCUT2D eigenvalue weighted by atomic mass is 10.1. The van der Waals surface area contributed by atoms with Gasteiger partial charge in [0.1, 0.15) is 0 Å². The van der Waals surface area contributed by atoms with Gasteiger partial charge in [-0.25, -0.2) is 0 Å². The van der Waals surface area contributed by atoms with Crippen LogP contribution in [0.1, 0.15) is 28.9 Å². The fourth-order valence-corrected chi connectivity index (χ4v) is 1.93. The van der Waals surface area contributed by atoms with Crippen LogP contribution in [0.2, 0.25) is 0 Å². The Labute approximate surface area is 93.6 Å². The average Bonchev–Trinajstić information content (AvgIpc) is 3.01. The van der Waals surface area contributed by atoms with Crippen molar-refractivity contribution >= 4 is 17.5 Å². The highest BCUT2D eigenvalue weighted by atomic mass is 35.5. The summed E-state index contributed by atoms with van der Waals surface area (Å²) in [5, 5.41) is 0.178. The quantitative estimate of drug-likeness (QED) is 0.793. The van der Waals surface area contributed by atoms with Crippen LogP contribution in [-0.2, 0) is 6.42 Å². The minimum atomic E-state index is -0.446. The molecule has 15 heavy (non-hydrogen) atoms. The molecule has 1 unspecified atom stereocenters. The molecular weight excluding hydrogens is 212 g/mol. The first-order valence-electron chi connectivity index (χ1n) is 5.05. The lowest BCUT2D eigenvalue weighted by Gasteiger charge is -2.06. The number of nitrogens with two attached hydrogens (primary N) is 1. The van der Waals surface area contributed by atoms with Gasteiger partial charge in [0.25, 0.3) is 0 Å². The maximum Gasteiger partial charge on any atom is 0.250 e. The van der Waals surface area contributed by atoms with Crippen LogP contribution in [0.15, 0.2) is 18.3 Å². The van der Waals surface area contributed by atoms with E-state index in [9.17, 15) is 4.79 Å². The molecule has 1 aliphatic rings.